The Kier molecular flexibility index (Phi) is 4.76. The highest BCUT2D eigenvalue weighted by atomic mass is 16.7. The molecule has 0 spiro atoms. The molecule has 25 heavy (non-hydrogen) atoms. The number of amides is 2. The van der Waals surface area contributed by atoms with E-state index < -0.39 is 0 Å². The quantitative estimate of drug-likeness (QED) is 0.719. The van der Waals surface area contributed by atoms with Gasteiger partial charge in [0.05, 0.1) is 25.9 Å². The molecule has 3 aliphatic rings. The predicted octanol–water partition coefficient (Wildman–Crippen LogP) is 1.58. The van der Waals surface area contributed by atoms with Crippen molar-refractivity contribution < 1.29 is 18.8 Å². The van der Waals surface area contributed by atoms with Crippen molar-refractivity contribution in [1.82, 2.24) is 20.2 Å². The number of hydrogen-bond acceptors (Lipinski definition) is 7. The Balaban J connectivity index is 1.44. The molecule has 0 unspecified atom stereocenters. The first-order valence-corrected chi connectivity index (χ1v) is 9.16. The number of aromatic nitrogens is 2. The summed E-state index contributed by atoms with van der Waals surface area (Å²) in [6.07, 6.45) is 3.70. The largest absolute Gasteiger partial charge is 0.406 e. The average Bonchev–Trinajstić information content (AvgIpc) is 3.23. The molecule has 0 aliphatic carbocycles. The van der Waals surface area contributed by atoms with Gasteiger partial charge in [-0.25, -0.2) is 4.79 Å². The van der Waals surface area contributed by atoms with Crippen LogP contribution in [0.5, 0.6) is 0 Å². The van der Waals surface area contributed by atoms with Gasteiger partial charge in [-0.15, -0.1) is 5.10 Å². The summed E-state index contributed by atoms with van der Waals surface area (Å²) in [5, 5.41) is 9.94. The monoisotopic (exact) mass is 351 g/mol. The maximum Gasteiger partial charge on any atom is 0.345 e. The van der Waals surface area contributed by atoms with Crippen LogP contribution < -0.4 is 4.90 Å². The Morgan fingerprint density at radius 3 is 2.88 bits per heavy atom. The molecule has 3 aliphatic heterocycles. The summed E-state index contributed by atoms with van der Waals surface area (Å²) in [5.41, 5.74) is 0. The Morgan fingerprint density at radius 2 is 2.08 bits per heavy atom. The number of anilines is 1. The van der Waals surface area contributed by atoms with Gasteiger partial charge in [0.1, 0.15) is 6.04 Å². The fraction of sp³-hybridized carbons (Fsp3) is 0.812. The van der Waals surface area contributed by atoms with Crippen molar-refractivity contribution in [3.05, 3.63) is 5.89 Å². The molecule has 0 saturated carbocycles. The summed E-state index contributed by atoms with van der Waals surface area (Å²) < 4.78 is 11.2. The Bertz CT molecular complexity index is 603. The number of carbonyl (C=O) groups is 1. The maximum absolute atomic E-state index is 12.7. The minimum atomic E-state index is -0.161. The van der Waals surface area contributed by atoms with Crippen LogP contribution in [0.1, 0.15) is 44.5 Å². The van der Waals surface area contributed by atoms with E-state index in [1.807, 2.05) is 4.90 Å². The van der Waals surface area contributed by atoms with Gasteiger partial charge >= 0.3 is 12.0 Å². The molecule has 2 atom stereocenters. The lowest BCUT2D eigenvalue weighted by Crippen LogP contribution is -2.36. The Morgan fingerprint density at radius 1 is 1.24 bits per heavy atom. The smallest absolute Gasteiger partial charge is 0.345 e. The summed E-state index contributed by atoms with van der Waals surface area (Å²) >= 11 is 0. The zero-order chi connectivity index (χ0) is 17.2. The highest BCUT2D eigenvalue weighted by Crippen LogP contribution is 2.38. The summed E-state index contributed by atoms with van der Waals surface area (Å²) in [6.45, 7) is 6.17. The molecule has 0 N–H and O–H groups in total. The molecule has 3 saturated heterocycles. The molecular formula is C16H25N5O4. The number of ether oxygens (including phenoxy) is 1. The highest BCUT2D eigenvalue weighted by Gasteiger charge is 2.47. The van der Waals surface area contributed by atoms with E-state index in [2.05, 4.69) is 17.1 Å². The van der Waals surface area contributed by atoms with E-state index >= 15 is 0 Å². The normalized spacial score (nSPS) is 26.6. The molecule has 0 radical (unpaired) electrons. The number of morpholine rings is 1. The molecule has 138 valence electrons. The van der Waals surface area contributed by atoms with E-state index in [9.17, 15) is 4.79 Å². The fourth-order valence-electron chi connectivity index (χ4n) is 3.61. The molecule has 0 aromatic carbocycles. The number of hydroxylamine groups is 2. The average molecular weight is 351 g/mol. The second-order valence-electron chi connectivity index (χ2n) is 6.72. The van der Waals surface area contributed by atoms with Crippen molar-refractivity contribution in [2.45, 2.75) is 44.7 Å². The Labute approximate surface area is 146 Å². The van der Waals surface area contributed by atoms with Crippen molar-refractivity contribution >= 4 is 12.0 Å². The summed E-state index contributed by atoms with van der Waals surface area (Å²) in [4.78, 5) is 22.2. The SMILES string of the molecule is CCCCON1C(=O)N2C[C@@H]1CC[C@H]2c1nnc(N2CCOCC2)o1. The first-order valence-electron chi connectivity index (χ1n) is 9.16. The van der Waals surface area contributed by atoms with Gasteiger partial charge < -0.3 is 19.0 Å². The van der Waals surface area contributed by atoms with Gasteiger partial charge in [0.25, 0.3) is 0 Å². The van der Waals surface area contributed by atoms with Gasteiger partial charge in [0.15, 0.2) is 0 Å². The Hall–Kier alpha value is -1.87. The standard InChI is InChI=1S/C16H25N5O4/c1-2-3-8-24-21-12-4-5-13(20(11-12)16(21)22)14-17-18-15(25-14)19-6-9-23-10-7-19/h12-13H,2-11H2,1H3/t12-,13-/m0/s1. The maximum atomic E-state index is 12.7. The molecule has 1 aromatic heterocycles. The van der Waals surface area contributed by atoms with Crippen molar-refractivity contribution in [2.24, 2.45) is 0 Å². The van der Waals surface area contributed by atoms with E-state index in [1.54, 1.807) is 9.96 Å². The van der Waals surface area contributed by atoms with Gasteiger partial charge in [0.2, 0.25) is 5.89 Å². The van der Waals surface area contributed by atoms with Crippen LogP contribution in [0.3, 0.4) is 0 Å². The van der Waals surface area contributed by atoms with E-state index in [1.165, 1.54) is 0 Å². The molecule has 2 amide bonds. The van der Waals surface area contributed by atoms with Gasteiger partial charge in [-0.2, -0.15) is 5.06 Å². The highest BCUT2D eigenvalue weighted by molar-refractivity contribution is 5.77. The van der Waals surface area contributed by atoms with Crippen LogP contribution in [0.15, 0.2) is 4.42 Å². The predicted molar refractivity (Wildman–Crippen MR) is 87.9 cm³/mol. The molecule has 4 heterocycles. The minimum absolute atomic E-state index is 0.0882. The first kappa shape index (κ1) is 16.6. The van der Waals surface area contributed by atoms with Crippen LogP contribution >= 0.6 is 0 Å². The third kappa shape index (κ3) is 3.18. The van der Waals surface area contributed by atoms with Crippen LogP contribution in [0.2, 0.25) is 0 Å². The number of piperidine rings is 1. The second-order valence-corrected chi connectivity index (χ2v) is 6.72. The fourth-order valence-corrected chi connectivity index (χ4v) is 3.61. The number of nitrogens with zero attached hydrogens (tertiary/aromatic N) is 5. The summed E-state index contributed by atoms with van der Waals surface area (Å²) in [7, 11) is 0. The number of carbonyl (C=O) groups excluding carboxylic acids is 1. The molecule has 1 aromatic rings. The molecule has 9 nitrogen and oxygen atoms in total. The number of fused-ring (bicyclic) bond motifs is 2. The van der Waals surface area contributed by atoms with Crippen LogP contribution in [0.25, 0.3) is 0 Å². The minimum Gasteiger partial charge on any atom is -0.406 e. The van der Waals surface area contributed by atoms with Gasteiger partial charge in [-0.3, -0.25) is 4.84 Å². The molecule has 2 bridgehead atoms. The number of hydrogen-bond donors (Lipinski definition) is 0. The van der Waals surface area contributed by atoms with Crippen molar-refractivity contribution in [3.8, 4) is 0 Å². The van der Waals surface area contributed by atoms with Gasteiger partial charge in [-0.05, 0) is 19.3 Å². The lowest BCUT2D eigenvalue weighted by molar-refractivity contribution is -0.130. The zero-order valence-corrected chi connectivity index (χ0v) is 14.6. The van der Waals surface area contributed by atoms with E-state index in [0.29, 0.717) is 38.3 Å². The molecule has 4 rings (SSSR count). The van der Waals surface area contributed by atoms with Crippen LogP contribution in [-0.2, 0) is 9.57 Å². The third-order valence-electron chi connectivity index (χ3n) is 5.05. The second kappa shape index (κ2) is 7.17. The number of urea groups is 1. The van der Waals surface area contributed by atoms with Crippen LogP contribution in [0.4, 0.5) is 10.8 Å². The summed E-state index contributed by atoms with van der Waals surface area (Å²) in [6, 6.07) is 0.394. The van der Waals surface area contributed by atoms with Crippen LogP contribution in [0, 0.1) is 0 Å². The van der Waals surface area contributed by atoms with Crippen LogP contribution in [-0.4, -0.2) is 71.7 Å². The van der Waals surface area contributed by atoms with Crippen molar-refractivity contribution in [1.29, 1.82) is 0 Å². The van der Waals surface area contributed by atoms with Crippen molar-refractivity contribution in [3.63, 3.8) is 0 Å². The first-order chi connectivity index (χ1) is 12.3. The van der Waals surface area contributed by atoms with Crippen molar-refractivity contribution in [2.75, 3.05) is 44.4 Å². The summed E-state index contributed by atoms with van der Waals surface area (Å²) in [5.74, 6) is 0.517. The lowest BCUT2D eigenvalue weighted by Gasteiger charge is -2.28. The van der Waals surface area contributed by atoms with E-state index in [4.69, 9.17) is 14.0 Å². The topological polar surface area (TPSA) is 84.2 Å². The molecule has 9 heteroatoms. The third-order valence-corrected chi connectivity index (χ3v) is 5.05. The van der Waals surface area contributed by atoms with E-state index in [-0.39, 0.29) is 18.1 Å². The lowest BCUT2D eigenvalue weighted by atomic mass is 10.0. The zero-order valence-electron chi connectivity index (χ0n) is 14.6. The molecular weight excluding hydrogens is 326 g/mol. The van der Waals surface area contributed by atoms with Gasteiger partial charge in [0, 0.05) is 19.6 Å². The number of rotatable bonds is 6. The number of unbranched alkanes of at least 4 members (excludes halogenated alkanes) is 1. The van der Waals surface area contributed by atoms with E-state index in [0.717, 1.165) is 38.8 Å². The molecule has 3 fully saturated rings. The van der Waals surface area contributed by atoms with Gasteiger partial charge in [-0.1, -0.05) is 18.4 Å².